The van der Waals surface area contributed by atoms with E-state index in [1.165, 1.54) is 0 Å². The number of thioether (sulfide) groups is 1. The van der Waals surface area contributed by atoms with E-state index in [0.29, 0.717) is 12.1 Å². The van der Waals surface area contributed by atoms with Crippen molar-refractivity contribution in [2.45, 2.75) is 31.8 Å². The van der Waals surface area contributed by atoms with Crippen LogP contribution in [0.25, 0.3) is 0 Å². The molecule has 0 radical (unpaired) electrons. The van der Waals surface area contributed by atoms with E-state index in [2.05, 4.69) is 17.2 Å². The first-order valence-electron chi connectivity index (χ1n) is 5.06. The second-order valence-electron chi connectivity index (χ2n) is 3.87. The number of aliphatic imine (C=N–C) groups is 1. The van der Waals surface area contributed by atoms with Gasteiger partial charge in [-0.25, -0.2) is 0 Å². The summed E-state index contributed by atoms with van der Waals surface area (Å²) in [6.07, 6.45) is 1.99. The molecule has 0 amide bonds. The predicted octanol–water partition coefficient (Wildman–Crippen LogP) is 0.978. The van der Waals surface area contributed by atoms with E-state index >= 15 is 0 Å². The van der Waals surface area contributed by atoms with Gasteiger partial charge in [0.25, 0.3) is 0 Å². The lowest BCUT2D eigenvalue weighted by Gasteiger charge is -2.17. The summed E-state index contributed by atoms with van der Waals surface area (Å²) in [4.78, 5) is 4.65. The molecule has 5 heteroatoms. The number of nitrogens with zero attached hydrogens (tertiary/aromatic N) is 1. The minimum Gasteiger partial charge on any atom is -0.362 e. The van der Waals surface area contributed by atoms with Crippen molar-refractivity contribution in [1.82, 2.24) is 5.32 Å². The zero-order valence-electron chi connectivity index (χ0n) is 8.36. The van der Waals surface area contributed by atoms with Crippen molar-refractivity contribution >= 4 is 27.7 Å². The Morgan fingerprint density at radius 3 is 2.79 bits per heavy atom. The summed E-state index contributed by atoms with van der Waals surface area (Å²) in [6.45, 7) is 2.17. The maximum absolute atomic E-state index is 11.1. The van der Waals surface area contributed by atoms with Crippen LogP contribution in [0.5, 0.6) is 0 Å². The van der Waals surface area contributed by atoms with Crippen molar-refractivity contribution in [3.63, 3.8) is 0 Å². The summed E-state index contributed by atoms with van der Waals surface area (Å²) in [6, 6.07) is 0.962. The molecule has 0 aromatic heterocycles. The smallest absolute Gasteiger partial charge is 0.157 e. The lowest BCUT2D eigenvalue weighted by Crippen LogP contribution is -2.27. The summed E-state index contributed by atoms with van der Waals surface area (Å²) >= 11 is 1.81. The van der Waals surface area contributed by atoms with Crippen molar-refractivity contribution in [3.05, 3.63) is 0 Å². The van der Waals surface area contributed by atoms with E-state index in [1.807, 2.05) is 11.8 Å². The molecule has 0 aromatic rings. The monoisotopic (exact) mass is 232 g/mol. The first kappa shape index (κ1) is 10.5. The molecular weight excluding hydrogens is 216 g/mol. The van der Waals surface area contributed by atoms with Gasteiger partial charge < -0.3 is 5.32 Å². The first-order valence-corrected chi connectivity index (χ1v) is 7.53. The second-order valence-corrected chi connectivity index (χ2v) is 6.57. The molecule has 80 valence electrons. The Morgan fingerprint density at radius 1 is 1.50 bits per heavy atom. The molecule has 1 atom stereocenters. The third-order valence-corrected chi connectivity index (χ3v) is 5.04. The van der Waals surface area contributed by atoms with E-state index in [9.17, 15) is 4.21 Å². The van der Waals surface area contributed by atoms with E-state index in [-0.39, 0.29) is 0 Å². The Bertz CT molecular complexity index is 258. The van der Waals surface area contributed by atoms with Crippen molar-refractivity contribution in [2.24, 2.45) is 4.99 Å². The van der Waals surface area contributed by atoms with Gasteiger partial charge >= 0.3 is 0 Å². The Kier molecular flexibility index (Phi) is 3.49. The molecule has 0 aliphatic carbocycles. The molecule has 14 heavy (non-hydrogen) atoms. The van der Waals surface area contributed by atoms with Gasteiger partial charge in [-0.15, -0.1) is 0 Å². The van der Waals surface area contributed by atoms with Gasteiger partial charge in [0.05, 0.1) is 6.04 Å². The van der Waals surface area contributed by atoms with Crippen molar-refractivity contribution in [1.29, 1.82) is 0 Å². The Labute approximate surface area is 91.6 Å². The SMILES string of the molecule is CC1CSC(=NC2CCS(=O)CC2)N1. The van der Waals surface area contributed by atoms with Gasteiger partial charge in [-0.05, 0) is 19.8 Å². The number of hydrogen-bond acceptors (Lipinski definition) is 3. The molecule has 3 nitrogen and oxygen atoms in total. The molecule has 1 N–H and O–H groups in total. The fraction of sp³-hybridized carbons (Fsp3) is 0.889. The van der Waals surface area contributed by atoms with Crippen LogP contribution >= 0.6 is 11.8 Å². The van der Waals surface area contributed by atoms with Crippen LogP contribution in [0.2, 0.25) is 0 Å². The zero-order chi connectivity index (χ0) is 9.97. The molecule has 2 rings (SSSR count). The van der Waals surface area contributed by atoms with Crippen molar-refractivity contribution in [2.75, 3.05) is 17.3 Å². The Balaban J connectivity index is 1.87. The summed E-state index contributed by atoms with van der Waals surface area (Å²) in [7, 11) is -0.567. The van der Waals surface area contributed by atoms with E-state index < -0.39 is 10.8 Å². The number of rotatable bonds is 1. The molecule has 2 aliphatic heterocycles. The third kappa shape index (κ3) is 2.73. The summed E-state index contributed by atoms with van der Waals surface area (Å²) in [5.74, 6) is 2.79. The molecule has 0 aromatic carbocycles. The Morgan fingerprint density at radius 2 is 2.21 bits per heavy atom. The molecule has 0 spiro atoms. The quantitative estimate of drug-likeness (QED) is 0.733. The van der Waals surface area contributed by atoms with Crippen LogP contribution in [0.3, 0.4) is 0 Å². The summed E-state index contributed by atoms with van der Waals surface area (Å²) in [5, 5.41) is 4.44. The highest BCUT2D eigenvalue weighted by atomic mass is 32.2. The van der Waals surface area contributed by atoms with Crippen LogP contribution in [-0.4, -0.2) is 38.7 Å². The zero-order valence-corrected chi connectivity index (χ0v) is 10.00. The van der Waals surface area contributed by atoms with Gasteiger partial charge in [-0.2, -0.15) is 0 Å². The molecule has 2 saturated heterocycles. The fourth-order valence-corrected chi connectivity index (χ4v) is 3.92. The average molecular weight is 232 g/mol. The molecular formula is C9H16N2OS2. The number of nitrogens with one attached hydrogen (secondary N) is 1. The fourth-order valence-electron chi connectivity index (χ4n) is 1.65. The van der Waals surface area contributed by atoms with Crippen LogP contribution in [0.15, 0.2) is 4.99 Å². The maximum atomic E-state index is 11.1. The second kappa shape index (κ2) is 4.66. The normalized spacial score (nSPS) is 41.2. The molecule has 0 bridgehead atoms. The lowest BCUT2D eigenvalue weighted by molar-refractivity contribution is 0.597. The van der Waals surface area contributed by atoms with Crippen LogP contribution < -0.4 is 5.32 Å². The van der Waals surface area contributed by atoms with E-state index in [1.54, 1.807) is 0 Å². The van der Waals surface area contributed by atoms with E-state index in [4.69, 9.17) is 0 Å². The lowest BCUT2D eigenvalue weighted by atomic mass is 10.2. The Hall–Kier alpha value is -0.0300. The molecule has 2 aliphatic rings. The van der Waals surface area contributed by atoms with Gasteiger partial charge in [0.2, 0.25) is 0 Å². The van der Waals surface area contributed by atoms with Crippen LogP contribution in [0.4, 0.5) is 0 Å². The van der Waals surface area contributed by atoms with Gasteiger partial charge in [0, 0.05) is 34.1 Å². The molecule has 1 unspecified atom stereocenters. The van der Waals surface area contributed by atoms with Gasteiger partial charge in [0.15, 0.2) is 5.17 Å². The first-order chi connectivity index (χ1) is 6.74. The molecule has 2 heterocycles. The largest absolute Gasteiger partial charge is 0.362 e. The highest BCUT2D eigenvalue weighted by Crippen LogP contribution is 2.18. The summed E-state index contributed by atoms with van der Waals surface area (Å²) in [5.41, 5.74) is 0. The van der Waals surface area contributed by atoms with Crippen LogP contribution in [-0.2, 0) is 10.8 Å². The maximum Gasteiger partial charge on any atom is 0.157 e. The van der Waals surface area contributed by atoms with Gasteiger partial charge in [-0.1, -0.05) is 11.8 Å². The van der Waals surface area contributed by atoms with Crippen molar-refractivity contribution < 1.29 is 4.21 Å². The third-order valence-electron chi connectivity index (χ3n) is 2.50. The topological polar surface area (TPSA) is 41.5 Å². The number of amidine groups is 1. The van der Waals surface area contributed by atoms with Crippen LogP contribution in [0, 0.1) is 0 Å². The van der Waals surface area contributed by atoms with Crippen molar-refractivity contribution in [3.8, 4) is 0 Å². The average Bonchev–Trinajstić information content (AvgIpc) is 2.56. The van der Waals surface area contributed by atoms with Gasteiger partial charge in [0.1, 0.15) is 0 Å². The van der Waals surface area contributed by atoms with Gasteiger partial charge in [-0.3, -0.25) is 9.20 Å². The minimum atomic E-state index is -0.567. The molecule has 2 fully saturated rings. The molecule has 0 saturated carbocycles. The number of hydrogen-bond donors (Lipinski definition) is 1. The van der Waals surface area contributed by atoms with E-state index in [0.717, 1.165) is 35.3 Å². The van der Waals surface area contributed by atoms with Crippen LogP contribution in [0.1, 0.15) is 19.8 Å². The highest BCUT2D eigenvalue weighted by molar-refractivity contribution is 8.14. The minimum absolute atomic E-state index is 0.410. The standard InChI is InChI=1S/C9H16N2OS2/c1-7-6-13-9(10-7)11-8-2-4-14(12)5-3-8/h7-8H,2-6H2,1H3,(H,10,11). The predicted molar refractivity (Wildman–Crippen MR) is 63.4 cm³/mol. The highest BCUT2D eigenvalue weighted by Gasteiger charge is 2.20. The summed E-state index contributed by atoms with van der Waals surface area (Å²) < 4.78 is 11.1.